The van der Waals surface area contributed by atoms with Gasteiger partial charge in [0.25, 0.3) is 0 Å². The van der Waals surface area contributed by atoms with Crippen LogP contribution in [-0.4, -0.2) is 48.7 Å². The van der Waals surface area contributed by atoms with Crippen LogP contribution in [0.3, 0.4) is 0 Å². The fourth-order valence-electron chi connectivity index (χ4n) is 1.63. The van der Waals surface area contributed by atoms with Crippen molar-refractivity contribution < 1.29 is 14.9 Å². The van der Waals surface area contributed by atoms with Gasteiger partial charge < -0.3 is 20.3 Å². The van der Waals surface area contributed by atoms with Crippen LogP contribution in [0.1, 0.15) is 34.1 Å². The second kappa shape index (κ2) is 9.83. The summed E-state index contributed by atoms with van der Waals surface area (Å²) in [5, 5.41) is 21.6. The molecule has 0 saturated carbocycles. The number of hydrogen-bond acceptors (Lipinski definition) is 4. The third-order valence-electron chi connectivity index (χ3n) is 2.56. The highest BCUT2D eigenvalue weighted by Gasteiger charge is 2.09. The van der Waals surface area contributed by atoms with Gasteiger partial charge in [-0.25, -0.2) is 0 Å². The Kier molecular flexibility index (Phi) is 9.74. The zero-order valence-corrected chi connectivity index (χ0v) is 11.6. The molecule has 104 valence electrons. The van der Waals surface area contributed by atoms with Crippen molar-refractivity contribution in [2.45, 2.75) is 46.3 Å². The molecule has 0 aliphatic heterocycles. The molecule has 0 heterocycles. The van der Waals surface area contributed by atoms with Gasteiger partial charge in [-0.15, -0.1) is 0 Å². The van der Waals surface area contributed by atoms with Gasteiger partial charge >= 0.3 is 0 Å². The van der Waals surface area contributed by atoms with E-state index in [0.717, 1.165) is 13.0 Å². The van der Waals surface area contributed by atoms with E-state index in [0.29, 0.717) is 19.1 Å². The highest BCUT2D eigenvalue weighted by molar-refractivity contribution is 4.62. The molecule has 0 aromatic rings. The lowest BCUT2D eigenvalue weighted by atomic mass is 10.1. The summed E-state index contributed by atoms with van der Waals surface area (Å²) in [5.41, 5.74) is 0. The van der Waals surface area contributed by atoms with Crippen LogP contribution in [-0.2, 0) is 4.74 Å². The van der Waals surface area contributed by atoms with Gasteiger partial charge in [0.15, 0.2) is 0 Å². The van der Waals surface area contributed by atoms with E-state index in [-0.39, 0.29) is 18.6 Å². The zero-order chi connectivity index (χ0) is 13.3. The van der Waals surface area contributed by atoms with Crippen molar-refractivity contribution in [3.05, 3.63) is 0 Å². The summed E-state index contributed by atoms with van der Waals surface area (Å²) in [6.07, 6.45) is 0.735. The molecule has 0 bridgehead atoms. The van der Waals surface area contributed by atoms with Crippen molar-refractivity contribution in [3.8, 4) is 0 Å². The minimum Gasteiger partial charge on any atom is -0.396 e. The molecular formula is C13H29NO3. The molecule has 3 unspecified atom stereocenters. The lowest BCUT2D eigenvalue weighted by molar-refractivity contribution is -0.00877. The van der Waals surface area contributed by atoms with E-state index in [9.17, 15) is 5.11 Å². The van der Waals surface area contributed by atoms with Crippen LogP contribution in [0.2, 0.25) is 0 Å². The van der Waals surface area contributed by atoms with Crippen molar-refractivity contribution in [2.75, 3.05) is 26.3 Å². The van der Waals surface area contributed by atoms with E-state index in [1.54, 1.807) is 0 Å². The predicted octanol–water partition coefficient (Wildman–Crippen LogP) is 1.02. The van der Waals surface area contributed by atoms with Crippen LogP contribution in [0.25, 0.3) is 0 Å². The fraction of sp³-hybridized carbons (Fsp3) is 1.00. The average molecular weight is 247 g/mol. The second-order valence-electron chi connectivity index (χ2n) is 5.37. The Morgan fingerprint density at radius 2 is 1.76 bits per heavy atom. The molecule has 0 aromatic carbocycles. The Bertz CT molecular complexity index is 176. The summed E-state index contributed by atoms with van der Waals surface area (Å²) < 4.78 is 5.56. The summed E-state index contributed by atoms with van der Waals surface area (Å²) in [6, 6.07) is 0. The van der Waals surface area contributed by atoms with Gasteiger partial charge in [-0.2, -0.15) is 0 Å². The molecule has 0 radical (unpaired) electrons. The molecule has 0 amide bonds. The van der Waals surface area contributed by atoms with Crippen LogP contribution in [0.15, 0.2) is 0 Å². The maximum absolute atomic E-state index is 9.67. The van der Waals surface area contributed by atoms with Gasteiger partial charge in [0.1, 0.15) is 0 Å². The molecule has 0 saturated heterocycles. The topological polar surface area (TPSA) is 61.7 Å². The first kappa shape index (κ1) is 16.8. The van der Waals surface area contributed by atoms with E-state index in [4.69, 9.17) is 9.84 Å². The largest absolute Gasteiger partial charge is 0.396 e. The molecule has 0 aliphatic carbocycles. The minimum atomic E-state index is -0.476. The number of rotatable bonds is 10. The van der Waals surface area contributed by atoms with E-state index in [1.165, 1.54) is 0 Å². The first-order valence-electron chi connectivity index (χ1n) is 6.56. The lowest BCUT2D eigenvalue weighted by Crippen LogP contribution is -2.34. The second-order valence-corrected chi connectivity index (χ2v) is 5.37. The van der Waals surface area contributed by atoms with E-state index >= 15 is 0 Å². The quantitative estimate of drug-likeness (QED) is 0.539. The van der Waals surface area contributed by atoms with Crippen molar-refractivity contribution in [1.82, 2.24) is 5.32 Å². The van der Waals surface area contributed by atoms with Crippen LogP contribution in [0, 0.1) is 11.8 Å². The summed E-state index contributed by atoms with van der Waals surface area (Å²) in [5.74, 6) is 0.841. The predicted molar refractivity (Wildman–Crippen MR) is 70.0 cm³/mol. The monoisotopic (exact) mass is 247 g/mol. The van der Waals surface area contributed by atoms with E-state index < -0.39 is 6.10 Å². The molecule has 3 N–H and O–H groups in total. The van der Waals surface area contributed by atoms with Crippen LogP contribution < -0.4 is 5.32 Å². The molecule has 0 aliphatic rings. The standard InChI is InChI=1S/C13H29NO3/c1-10(2)5-12(4)17-9-13(16)7-14-6-11(3)8-15/h10-16H,5-9H2,1-4H3. The minimum absolute atomic E-state index is 0.172. The first-order valence-corrected chi connectivity index (χ1v) is 6.56. The first-order chi connectivity index (χ1) is 7.95. The van der Waals surface area contributed by atoms with Gasteiger partial charge in [-0.1, -0.05) is 20.8 Å². The summed E-state index contributed by atoms with van der Waals surface area (Å²) in [6.45, 7) is 10.1. The fourth-order valence-corrected chi connectivity index (χ4v) is 1.63. The Labute approximate surface area is 105 Å². The lowest BCUT2D eigenvalue weighted by Gasteiger charge is -2.18. The Morgan fingerprint density at radius 1 is 1.12 bits per heavy atom. The SMILES string of the molecule is CC(C)CC(C)OCC(O)CNCC(C)CO. The Morgan fingerprint density at radius 3 is 2.29 bits per heavy atom. The Balaban J connectivity index is 3.48. The highest BCUT2D eigenvalue weighted by Crippen LogP contribution is 2.07. The molecular weight excluding hydrogens is 218 g/mol. The van der Waals surface area contributed by atoms with Gasteiger partial charge in [0, 0.05) is 13.2 Å². The highest BCUT2D eigenvalue weighted by atomic mass is 16.5. The van der Waals surface area contributed by atoms with Crippen LogP contribution in [0.5, 0.6) is 0 Å². The third kappa shape index (κ3) is 10.7. The zero-order valence-electron chi connectivity index (χ0n) is 11.6. The molecule has 3 atom stereocenters. The van der Waals surface area contributed by atoms with Crippen LogP contribution >= 0.6 is 0 Å². The van der Waals surface area contributed by atoms with Crippen LogP contribution in [0.4, 0.5) is 0 Å². The number of hydrogen-bond donors (Lipinski definition) is 3. The molecule has 0 rings (SSSR count). The number of ether oxygens (including phenoxy) is 1. The number of aliphatic hydroxyl groups excluding tert-OH is 2. The van der Waals surface area contributed by atoms with E-state index in [1.807, 2.05) is 13.8 Å². The van der Waals surface area contributed by atoms with Gasteiger partial charge in [-0.3, -0.25) is 0 Å². The molecule has 17 heavy (non-hydrogen) atoms. The molecule has 4 heteroatoms. The average Bonchev–Trinajstić information content (AvgIpc) is 2.25. The smallest absolute Gasteiger partial charge is 0.0897 e. The maximum Gasteiger partial charge on any atom is 0.0897 e. The van der Waals surface area contributed by atoms with Gasteiger partial charge in [0.05, 0.1) is 18.8 Å². The van der Waals surface area contributed by atoms with Gasteiger partial charge in [0.2, 0.25) is 0 Å². The summed E-state index contributed by atoms with van der Waals surface area (Å²) in [7, 11) is 0. The summed E-state index contributed by atoms with van der Waals surface area (Å²) >= 11 is 0. The van der Waals surface area contributed by atoms with E-state index in [2.05, 4.69) is 19.2 Å². The summed E-state index contributed by atoms with van der Waals surface area (Å²) in [4.78, 5) is 0. The van der Waals surface area contributed by atoms with Crippen molar-refractivity contribution >= 4 is 0 Å². The van der Waals surface area contributed by atoms with Gasteiger partial charge in [-0.05, 0) is 31.7 Å². The number of aliphatic hydroxyl groups is 2. The third-order valence-corrected chi connectivity index (χ3v) is 2.56. The molecule has 0 spiro atoms. The molecule has 0 fully saturated rings. The molecule has 0 aromatic heterocycles. The van der Waals surface area contributed by atoms with Crippen molar-refractivity contribution in [3.63, 3.8) is 0 Å². The number of nitrogens with one attached hydrogen (secondary N) is 1. The Hall–Kier alpha value is -0.160. The molecule has 4 nitrogen and oxygen atoms in total. The maximum atomic E-state index is 9.67. The van der Waals surface area contributed by atoms with Crippen molar-refractivity contribution in [2.24, 2.45) is 11.8 Å². The normalized spacial score (nSPS) is 17.1. The van der Waals surface area contributed by atoms with Crippen molar-refractivity contribution in [1.29, 1.82) is 0 Å².